The van der Waals surface area contributed by atoms with E-state index in [0.29, 0.717) is 0 Å². The van der Waals surface area contributed by atoms with Crippen LogP contribution in [0.5, 0.6) is 0 Å². The highest BCUT2D eigenvalue weighted by Gasteiger charge is 2.18. The van der Waals surface area contributed by atoms with Crippen LogP contribution in [0.15, 0.2) is 6.07 Å². The predicted molar refractivity (Wildman–Crippen MR) is 60.9 cm³/mol. The second-order valence-corrected chi connectivity index (χ2v) is 4.26. The Labute approximate surface area is 90.5 Å². The smallest absolute Gasteiger partial charge is 0.132 e. The van der Waals surface area contributed by atoms with Gasteiger partial charge < -0.3 is 10.6 Å². The van der Waals surface area contributed by atoms with Crippen molar-refractivity contribution in [1.82, 2.24) is 9.97 Å². The fourth-order valence-electron chi connectivity index (χ4n) is 2.08. The highest BCUT2D eigenvalue weighted by molar-refractivity contribution is 5.40. The molecule has 4 heteroatoms. The molecule has 2 N–H and O–H groups in total. The molecule has 0 bridgehead atoms. The van der Waals surface area contributed by atoms with Gasteiger partial charge in [-0.2, -0.15) is 0 Å². The molecular formula is C11H18N4. The Hall–Kier alpha value is -1.16. The highest BCUT2D eigenvalue weighted by atomic mass is 15.2. The summed E-state index contributed by atoms with van der Waals surface area (Å²) in [5.41, 5.74) is 6.98. The quantitative estimate of drug-likeness (QED) is 0.745. The molecule has 1 aliphatic rings. The summed E-state index contributed by atoms with van der Waals surface area (Å²) in [4.78, 5) is 11.0. The lowest BCUT2D eigenvalue weighted by Gasteiger charge is -2.31. The van der Waals surface area contributed by atoms with Crippen LogP contribution in [0.25, 0.3) is 0 Å². The Morgan fingerprint density at radius 2 is 2.20 bits per heavy atom. The van der Waals surface area contributed by atoms with Crippen molar-refractivity contribution in [3.05, 3.63) is 17.6 Å². The number of hydrogen-bond acceptors (Lipinski definition) is 4. The molecule has 0 spiro atoms. The molecule has 1 fully saturated rings. The third-order valence-corrected chi connectivity index (χ3v) is 2.73. The number of nitrogens with two attached hydrogens (primary N) is 1. The molecule has 1 saturated heterocycles. The second kappa shape index (κ2) is 4.14. The van der Waals surface area contributed by atoms with Gasteiger partial charge in [0.2, 0.25) is 0 Å². The molecule has 82 valence electrons. The molecular weight excluding hydrogens is 188 g/mol. The Morgan fingerprint density at radius 1 is 1.40 bits per heavy atom. The van der Waals surface area contributed by atoms with E-state index in [4.69, 9.17) is 5.73 Å². The van der Waals surface area contributed by atoms with E-state index in [1.807, 2.05) is 19.9 Å². The van der Waals surface area contributed by atoms with Crippen LogP contribution in [-0.2, 0) is 0 Å². The van der Waals surface area contributed by atoms with Gasteiger partial charge in [0.1, 0.15) is 11.6 Å². The first-order valence-electron chi connectivity index (χ1n) is 5.48. The largest absolute Gasteiger partial charge is 0.355 e. The van der Waals surface area contributed by atoms with E-state index >= 15 is 0 Å². The van der Waals surface area contributed by atoms with E-state index in [2.05, 4.69) is 14.9 Å². The molecule has 4 nitrogen and oxygen atoms in total. The molecule has 1 aromatic heterocycles. The van der Waals surface area contributed by atoms with Crippen molar-refractivity contribution < 1.29 is 0 Å². The summed E-state index contributed by atoms with van der Waals surface area (Å²) in [5.74, 6) is 1.86. The van der Waals surface area contributed by atoms with Crippen LogP contribution >= 0.6 is 0 Å². The standard InChI is InChI=1S/C11H18N4/c1-8-6-11(14-9(2)13-8)15-5-3-4-10(12)7-15/h6,10H,3-5,7,12H2,1-2H3/t10-/m0/s1. The maximum Gasteiger partial charge on any atom is 0.132 e. The van der Waals surface area contributed by atoms with Gasteiger partial charge in [0.15, 0.2) is 0 Å². The molecule has 2 heterocycles. The fraction of sp³-hybridized carbons (Fsp3) is 0.636. The summed E-state index contributed by atoms with van der Waals surface area (Å²) in [6.45, 7) is 5.90. The average Bonchev–Trinajstić information content (AvgIpc) is 2.16. The molecule has 1 aliphatic heterocycles. The topological polar surface area (TPSA) is 55.0 Å². The Bertz CT molecular complexity index is 330. The zero-order chi connectivity index (χ0) is 10.8. The number of hydrogen-bond donors (Lipinski definition) is 1. The van der Waals surface area contributed by atoms with Crippen LogP contribution in [0, 0.1) is 13.8 Å². The van der Waals surface area contributed by atoms with Crippen LogP contribution in [-0.4, -0.2) is 29.1 Å². The maximum atomic E-state index is 5.95. The molecule has 0 unspecified atom stereocenters. The van der Waals surface area contributed by atoms with E-state index in [9.17, 15) is 0 Å². The van der Waals surface area contributed by atoms with Crippen molar-refractivity contribution in [1.29, 1.82) is 0 Å². The molecule has 1 aromatic rings. The van der Waals surface area contributed by atoms with Gasteiger partial charge in [-0.15, -0.1) is 0 Å². The van der Waals surface area contributed by atoms with Crippen molar-refractivity contribution >= 4 is 5.82 Å². The fourth-order valence-corrected chi connectivity index (χ4v) is 2.08. The van der Waals surface area contributed by atoms with E-state index < -0.39 is 0 Å². The zero-order valence-electron chi connectivity index (χ0n) is 9.40. The van der Waals surface area contributed by atoms with Gasteiger partial charge in [0, 0.05) is 30.9 Å². The number of aryl methyl sites for hydroxylation is 2. The van der Waals surface area contributed by atoms with Crippen molar-refractivity contribution in [3.63, 3.8) is 0 Å². The highest BCUT2D eigenvalue weighted by Crippen LogP contribution is 2.17. The lowest BCUT2D eigenvalue weighted by Crippen LogP contribution is -2.43. The summed E-state index contributed by atoms with van der Waals surface area (Å²) in [6.07, 6.45) is 2.28. The van der Waals surface area contributed by atoms with Crippen molar-refractivity contribution in [2.24, 2.45) is 5.73 Å². The monoisotopic (exact) mass is 206 g/mol. The second-order valence-electron chi connectivity index (χ2n) is 4.26. The molecule has 15 heavy (non-hydrogen) atoms. The number of rotatable bonds is 1. The number of anilines is 1. The van der Waals surface area contributed by atoms with Crippen molar-refractivity contribution in [2.75, 3.05) is 18.0 Å². The third-order valence-electron chi connectivity index (χ3n) is 2.73. The van der Waals surface area contributed by atoms with Crippen LogP contribution in [0.4, 0.5) is 5.82 Å². The van der Waals surface area contributed by atoms with Gasteiger partial charge in [-0.1, -0.05) is 0 Å². The summed E-state index contributed by atoms with van der Waals surface area (Å²) < 4.78 is 0. The van der Waals surface area contributed by atoms with Gasteiger partial charge in [-0.25, -0.2) is 9.97 Å². The minimum Gasteiger partial charge on any atom is -0.355 e. The van der Waals surface area contributed by atoms with Crippen molar-refractivity contribution in [3.8, 4) is 0 Å². The maximum absolute atomic E-state index is 5.95. The average molecular weight is 206 g/mol. The molecule has 0 aliphatic carbocycles. The number of piperidine rings is 1. The van der Waals surface area contributed by atoms with Gasteiger partial charge in [-0.05, 0) is 26.7 Å². The molecule has 0 aromatic carbocycles. The lowest BCUT2D eigenvalue weighted by molar-refractivity contribution is 0.502. The van der Waals surface area contributed by atoms with Gasteiger partial charge >= 0.3 is 0 Å². The van der Waals surface area contributed by atoms with Gasteiger partial charge in [0.25, 0.3) is 0 Å². The first-order valence-corrected chi connectivity index (χ1v) is 5.48. The minimum atomic E-state index is 0.286. The zero-order valence-corrected chi connectivity index (χ0v) is 9.40. The number of aromatic nitrogens is 2. The molecule has 2 rings (SSSR count). The third kappa shape index (κ3) is 2.45. The SMILES string of the molecule is Cc1cc(N2CCC[C@H](N)C2)nc(C)n1. The normalized spacial score (nSPS) is 21.8. The van der Waals surface area contributed by atoms with E-state index in [1.165, 1.54) is 0 Å². The van der Waals surface area contributed by atoms with Gasteiger partial charge in [-0.3, -0.25) is 0 Å². The van der Waals surface area contributed by atoms with Crippen LogP contribution in [0.1, 0.15) is 24.4 Å². The summed E-state index contributed by atoms with van der Waals surface area (Å²) in [6, 6.07) is 2.32. The molecule has 0 radical (unpaired) electrons. The lowest BCUT2D eigenvalue weighted by atomic mass is 10.1. The van der Waals surface area contributed by atoms with Crippen LogP contribution in [0.2, 0.25) is 0 Å². The van der Waals surface area contributed by atoms with E-state index in [0.717, 1.165) is 43.3 Å². The molecule has 0 amide bonds. The molecule has 1 atom stereocenters. The summed E-state index contributed by atoms with van der Waals surface area (Å²) in [7, 11) is 0. The molecule has 0 saturated carbocycles. The summed E-state index contributed by atoms with van der Waals surface area (Å²) >= 11 is 0. The van der Waals surface area contributed by atoms with Crippen molar-refractivity contribution in [2.45, 2.75) is 32.7 Å². The first kappa shape index (κ1) is 10.4. The predicted octanol–water partition coefficient (Wildman–Crippen LogP) is 1.02. The minimum absolute atomic E-state index is 0.286. The van der Waals surface area contributed by atoms with Crippen LogP contribution < -0.4 is 10.6 Å². The van der Waals surface area contributed by atoms with E-state index in [-0.39, 0.29) is 6.04 Å². The van der Waals surface area contributed by atoms with Crippen LogP contribution in [0.3, 0.4) is 0 Å². The van der Waals surface area contributed by atoms with Gasteiger partial charge in [0.05, 0.1) is 0 Å². The Morgan fingerprint density at radius 3 is 2.87 bits per heavy atom. The Kier molecular flexibility index (Phi) is 2.86. The first-order chi connectivity index (χ1) is 7.15. The van der Waals surface area contributed by atoms with E-state index in [1.54, 1.807) is 0 Å². The number of nitrogens with zero attached hydrogens (tertiary/aromatic N) is 3. The Balaban J connectivity index is 2.20. The summed E-state index contributed by atoms with van der Waals surface area (Å²) in [5, 5.41) is 0.